The average Bonchev–Trinajstić information content (AvgIpc) is 2.75. The van der Waals surface area contributed by atoms with E-state index in [9.17, 15) is 0 Å². The molecule has 3 aromatic rings. The van der Waals surface area contributed by atoms with Gasteiger partial charge in [0.2, 0.25) is 0 Å². The molecule has 0 fully saturated rings. The molecule has 0 spiro atoms. The van der Waals surface area contributed by atoms with Gasteiger partial charge in [-0.3, -0.25) is 0 Å². The van der Waals surface area contributed by atoms with E-state index in [1.54, 1.807) is 5.56 Å². The molecule has 0 aliphatic carbocycles. The Kier molecular flexibility index (Phi) is 9.43. The average molecular weight is 585 g/mol. The van der Waals surface area contributed by atoms with E-state index < -0.39 is 15.4 Å². The number of aryl methyl sites for hydroxylation is 1. The zero-order valence-electron chi connectivity index (χ0n) is 27.5. The van der Waals surface area contributed by atoms with Gasteiger partial charge in [-0.2, -0.15) is 0 Å². The maximum atomic E-state index is 2.52. The Morgan fingerprint density at radius 1 is 0.436 bits per heavy atom. The maximum absolute atomic E-state index is 2.52. The van der Waals surface area contributed by atoms with Crippen LogP contribution in [0.3, 0.4) is 0 Å². The van der Waals surface area contributed by atoms with Gasteiger partial charge in [-0.15, -0.1) is 0 Å². The van der Waals surface area contributed by atoms with Crippen LogP contribution >= 0.6 is 0 Å². The smallest absolute Gasteiger partial charge is 0.0561 e. The van der Waals surface area contributed by atoms with Gasteiger partial charge in [0.05, 0.1) is 0 Å². The Hall–Kier alpha value is -1.80. The molecule has 0 radical (unpaired) electrons. The summed E-state index contributed by atoms with van der Waals surface area (Å²) in [4.78, 5) is 0. The van der Waals surface area contributed by atoms with E-state index in [2.05, 4.69) is 145 Å². The standard InChI is InChI=1S/C38H56Ge/c1-26-14-27(20-32(15-26)35(2,3)4)16-28-17-29(22-33(21-28)36(5,6)7)18-30-19-31(25-39-38(11,12)13)24-34(23-30)37(8,9)10/h14-15,17,19-24H,16,18,25,39H2,1-13H3. The minimum Gasteiger partial charge on any atom is -0.0561 e. The van der Waals surface area contributed by atoms with Gasteiger partial charge in [0.1, 0.15) is 0 Å². The van der Waals surface area contributed by atoms with E-state index in [-0.39, 0.29) is 16.2 Å². The third-order valence-electron chi connectivity index (χ3n) is 7.82. The SMILES string of the molecule is Cc1cc(Cc2cc(Cc3cc([CH2][GeH2][C](C)(C)C)cc(C(C)(C)C)c3)cc(C(C)(C)C)c2)cc(C(C)(C)C)c1. The predicted molar refractivity (Wildman–Crippen MR) is 178 cm³/mol. The van der Waals surface area contributed by atoms with Crippen molar-refractivity contribution in [1.29, 1.82) is 0 Å². The molecule has 0 aliphatic heterocycles. The van der Waals surface area contributed by atoms with Crippen LogP contribution in [-0.4, -0.2) is 15.4 Å². The molecule has 0 saturated carbocycles. The molecule has 3 rings (SSSR count). The Balaban J connectivity index is 2.03. The molecule has 0 N–H and O–H groups in total. The molecule has 0 bridgehead atoms. The number of hydrogen-bond donors (Lipinski definition) is 0. The van der Waals surface area contributed by atoms with Crippen molar-refractivity contribution in [3.63, 3.8) is 0 Å². The molecule has 0 aromatic heterocycles. The van der Waals surface area contributed by atoms with Gasteiger partial charge in [-0.1, -0.05) is 26.8 Å². The normalized spacial score (nSPS) is 13.5. The van der Waals surface area contributed by atoms with Crippen molar-refractivity contribution in [2.75, 3.05) is 0 Å². The molecular formula is C38H56Ge. The molecule has 0 saturated heterocycles. The summed E-state index contributed by atoms with van der Waals surface area (Å²) in [5.41, 5.74) is 13.5. The van der Waals surface area contributed by atoms with E-state index in [0.717, 1.165) is 12.8 Å². The zero-order chi connectivity index (χ0) is 29.4. The molecule has 3 aromatic carbocycles. The van der Waals surface area contributed by atoms with Crippen LogP contribution < -0.4 is 0 Å². The van der Waals surface area contributed by atoms with Crippen LogP contribution in [0.25, 0.3) is 0 Å². The number of rotatable bonds is 6. The topological polar surface area (TPSA) is 0 Å². The van der Waals surface area contributed by atoms with Crippen LogP contribution in [0, 0.1) is 6.92 Å². The van der Waals surface area contributed by atoms with Crippen molar-refractivity contribution < 1.29 is 0 Å². The van der Waals surface area contributed by atoms with Gasteiger partial charge < -0.3 is 0 Å². The van der Waals surface area contributed by atoms with Crippen molar-refractivity contribution in [3.8, 4) is 0 Å². The summed E-state index contributed by atoms with van der Waals surface area (Å²) in [7, 11) is 0. The quantitative estimate of drug-likeness (QED) is 0.253. The number of benzene rings is 3. The molecule has 0 heterocycles. The van der Waals surface area contributed by atoms with Crippen LogP contribution in [-0.2, 0) is 34.3 Å². The Labute approximate surface area is 247 Å². The first-order chi connectivity index (χ1) is 17.7. The van der Waals surface area contributed by atoms with Gasteiger partial charge in [-0.05, 0) is 12.3 Å². The van der Waals surface area contributed by atoms with Crippen molar-refractivity contribution in [3.05, 3.63) is 105 Å². The summed E-state index contributed by atoms with van der Waals surface area (Å²) >= 11 is -0.661. The Bertz CT molecular complexity index is 1280. The van der Waals surface area contributed by atoms with Gasteiger partial charge in [0.25, 0.3) is 0 Å². The molecule has 212 valence electrons. The van der Waals surface area contributed by atoms with E-state index in [1.807, 2.05) is 0 Å². The molecular weight excluding hydrogens is 529 g/mol. The first kappa shape index (κ1) is 31.7. The van der Waals surface area contributed by atoms with Crippen LogP contribution in [0.4, 0.5) is 0 Å². The first-order valence-corrected chi connectivity index (χ1v) is 18.6. The molecule has 0 amide bonds. The van der Waals surface area contributed by atoms with E-state index >= 15 is 0 Å². The minimum atomic E-state index is -0.661. The molecule has 39 heavy (non-hydrogen) atoms. The molecule has 0 unspecified atom stereocenters. The van der Waals surface area contributed by atoms with Gasteiger partial charge in [0.15, 0.2) is 0 Å². The monoisotopic (exact) mass is 586 g/mol. The number of hydrogen-bond acceptors (Lipinski definition) is 0. The van der Waals surface area contributed by atoms with Gasteiger partial charge in [-0.25, -0.2) is 0 Å². The van der Waals surface area contributed by atoms with Crippen LogP contribution in [0.1, 0.15) is 133 Å². The summed E-state index contributed by atoms with van der Waals surface area (Å²) in [5.74, 6) is 0. The Morgan fingerprint density at radius 2 is 0.769 bits per heavy atom. The summed E-state index contributed by atoms with van der Waals surface area (Å²) in [5, 5.41) is 1.32. The van der Waals surface area contributed by atoms with Gasteiger partial charge >= 0.3 is 210 Å². The molecule has 0 atom stereocenters. The Morgan fingerprint density at radius 3 is 1.15 bits per heavy atom. The van der Waals surface area contributed by atoms with E-state index in [0.29, 0.717) is 4.25 Å². The van der Waals surface area contributed by atoms with E-state index in [4.69, 9.17) is 0 Å². The minimum absolute atomic E-state index is 0.118. The molecule has 1 heteroatoms. The van der Waals surface area contributed by atoms with Crippen molar-refractivity contribution in [2.24, 2.45) is 0 Å². The van der Waals surface area contributed by atoms with Crippen LogP contribution in [0.15, 0.2) is 54.6 Å². The van der Waals surface area contributed by atoms with Crippen molar-refractivity contribution in [1.82, 2.24) is 0 Å². The third-order valence-corrected chi connectivity index (χ3v) is 12.7. The predicted octanol–water partition coefficient (Wildman–Crippen LogP) is 9.96. The second-order valence-corrected chi connectivity index (χ2v) is 23.0. The summed E-state index contributed by atoms with van der Waals surface area (Å²) in [6.45, 7) is 30.6. The van der Waals surface area contributed by atoms with Crippen molar-refractivity contribution >= 4 is 15.4 Å². The zero-order valence-corrected chi connectivity index (χ0v) is 30.5. The fraction of sp³-hybridized carbons (Fsp3) is 0.526. The molecule has 0 aliphatic rings. The summed E-state index contributed by atoms with van der Waals surface area (Å²) in [6, 6.07) is 22.1. The van der Waals surface area contributed by atoms with Crippen molar-refractivity contribution in [2.45, 2.75) is 129 Å². The van der Waals surface area contributed by atoms with Crippen LogP contribution in [0.5, 0.6) is 0 Å². The fourth-order valence-corrected chi connectivity index (χ4v) is 8.01. The van der Waals surface area contributed by atoms with Crippen LogP contribution in [0.2, 0.25) is 4.25 Å². The first-order valence-electron chi connectivity index (χ1n) is 15.1. The fourth-order valence-electron chi connectivity index (χ4n) is 5.23. The second kappa shape index (κ2) is 11.6. The molecule has 0 nitrogen and oxygen atoms in total. The summed E-state index contributed by atoms with van der Waals surface area (Å²) in [6.07, 6.45) is 1.98. The second-order valence-electron chi connectivity index (χ2n) is 16.4. The van der Waals surface area contributed by atoms with Gasteiger partial charge in [0, 0.05) is 0 Å². The third kappa shape index (κ3) is 9.66. The van der Waals surface area contributed by atoms with E-state index in [1.165, 1.54) is 49.8 Å². The summed E-state index contributed by atoms with van der Waals surface area (Å²) < 4.78 is 0.531.